The van der Waals surface area contributed by atoms with Crippen molar-refractivity contribution in [3.8, 4) is 0 Å². The number of hydrogen-bond acceptors (Lipinski definition) is 1. The second-order valence-electron chi connectivity index (χ2n) is 4.67. The van der Waals surface area contributed by atoms with Crippen molar-refractivity contribution < 1.29 is 0 Å². The number of benzene rings is 2. The van der Waals surface area contributed by atoms with E-state index in [2.05, 4.69) is 74.1 Å². The lowest BCUT2D eigenvalue weighted by Crippen LogP contribution is -2.11. The summed E-state index contributed by atoms with van der Waals surface area (Å²) in [7, 11) is 4.15. The first-order valence-electron chi connectivity index (χ1n) is 6.17. The molecule has 0 amide bonds. The Morgan fingerprint density at radius 3 is 2.22 bits per heavy atom. The normalized spacial score (nSPS) is 10.1. The Bertz CT molecular complexity index is 526. The highest BCUT2D eigenvalue weighted by molar-refractivity contribution is 5.68. The number of hydrogen-bond donors (Lipinski definition) is 0. The van der Waals surface area contributed by atoms with E-state index in [4.69, 9.17) is 0 Å². The lowest BCUT2D eigenvalue weighted by Gasteiger charge is -2.18. The minimum absolute atomic E-state index is 0.887. The molecule has 0 aliphatic rings. The van der Waals surface area contributed by atoms with Gasteiger partial charge in [-0.15, -0.1) is 0 Å². The van der Waals surface area contributed by atoms with E-state index in [1.165, 1.54) is 16.8 Å². The molecule has 0 aromatic heterocycles. The minimum atomic E-state index is 0.887. The monoisotopic (exact) mass is 237 g/mol. The summed E-state index contributed by atoms with van der Waals surface area (Å²) < 4.78 is 0. The lowest BCUT2D eigenvalue weighted by molar-refractivity contribution is 1.10. The number of anilines is 1. The maximum absolute atomic E-state index is 4.20. The van der Waals surface area contributed by atoms with Crippen LogP contribution in [-0.4, -0.2) is 14.1 Å². The number of para-hydroxylation sites is 1. The molecule has 0 fully saturated rings. The molecule has 2 aromatic carbocycles. The molecule has 0 heterocycles. The first-order chi connectivity index (χ1) is 8.68. The van der Waals surface area contributed by atoms with Gasteiger partial charge in [0.25, 0.3) is 0 Å². The molecule has 0 atom stereocenters. The Labute approximate surface area is 109 Å². The fourth-order valence-corrected chi connectivity index (χ4v) is 2.10. The highest BCUT2D eigenvalue weighted by Gasteiger charge is 2.06. The van der Waals surface area contributed by atoms with Crippen molar-refractivity contribution in [1.82, 2.24) is 0 Å². The Morgan fingerprint density at radius 1 is 0.944 bits per heavy atom. The zero-order chi connectivity index (χ0) is 13.0. The van der Waals surface area contributed by atoms with E-state index in [9.17, 15) is 0 Å². The third-order valence-electron chi connectivity index (χ3n) is 3.06. The largest absolute Gasteiger partial charge is 0.377 e. The molecule has 0 aliphatic heterocycles. The summed E-state index contributed by atoms with van der Waals surface area (Å²) >= 11 is 0. The topological polar surface area (TPSA) is 3.24 Å². The molecule has 92 valence electrons. The van der Waals surface area contributed by atoms with Crippen molar-refractivity contribution in [1.29, 1.82) is 0 Å². The third kappa shape index (κ3) is 2.80. The SMILES string of the molecule is C=C(Cc1ccccc1N(C)C)c1ccccc1. The predicted octanol–water partition coefficient (Wildman–Crippen LogP) is 4.01. The molecule has 0 bridgehead atoms. The number of nitrogens with zero attached hydrogens (tertiary/aromatic N) is 1. The van der Waals surface area contributed by atoms with Crippen molar-refractivity contribution in [3.05, 3.63) is 72.3 Å². The second-order valence-corrected chi connectivity index (χ2v) is 4.67. The maximum atomic E-state index is 4.20. The van der Waals surface area contributed by atoms with E-state index in [0.717, 1.165) is 12.0 Å². The van der Waals surface area contributed by atoms with Crippen LogP contribution < -0.4 is 4.90 Å². The summed E-state index contributed by atoms with van der Waals surface area (Å²) in [6.45, 7) is 4.20. The zero-order valence-corrected chi connectivity index (χ0v) is 11.1. The molecule has 1 heteroatoms. The van der Waals surface area contributed by atoms with Crippen LogP contribution in [0.4, 0.5) is 5.69 Å². The van der Waals surface area contributed by atoms with Crippen LogP contribution in [0, 0.1) is 0 Å². The van der Waals surface area contributed by atoms with Gasteiger partial charge in [-0.1, -0.05) is 55.1 Å². The average Bonchev–Trinajstić information content (AvgIpc) is 2.40. The molecule has 0 saturated carbocycles. The van der Waals surface area contributed by atoms with E-state index in [1.807, 2.05) is 6.07 Å². The van der Waals surface area contributed by atoms with Crippen LogP contribution >= 0.6 is 0 Å². The van der Waals surface area contributed by atoms with Crippen molar-refractivity contribution in [2.24, 2.45) is 0 Å². The highest BCUT2D eigenvalue weighted by Crippen LogP contribution is 2.24. The van der Waals surface area contributed by atoms with Crippen molar-refractivity contribution in [3.63, 3.8) is 0 Å². The summed E-state index contributed by atoms with van der Waals surface area (Å²) in [6.07, 6.45) is 0.887. The van der Waals surface area contributed by atoms with Gasteiger partial charge in [0.2, 0.25) is 0 Å². The standard InChI is InChI=1S/C17H19N/c1-14(15-9-5-4-6-10-15)13-16-11-7-8-12-17(16)18(2)3/h4-12H,1,13H2,2-3H3. The zero-order valence-electron chi connectivity index (χ0n) is 11.1. The van der Waals surface area contributed by atoms with Crippen LogP contribution in [-0.2, 0) is 6.42 Å². The van der Waals surface area contributed by atoms with Gasteiger partial charge in [-0.05, 0) is 29.2 Å². The van der Waals surface area contributed by atoms with E-state index in [1.54, 1.807) is 0 Å². The van der Waals surface area contributed by atoms with Gasteiger partial charge in [-0.2, -0.15) is 0 Å². The summed E-state index contributed by atoms with van der Waals surface area (Å²) in [5, 5.41) is 0. The Kier molecular flexibility index (Phi) is 3.83. The average molecular weight is 237 g/mol. The van der Waals surface area contributed by atoms with Gasteiger partial charge in [-0.3, -0.25) is 0 Å². The van der Waals surface area contributed by atoms with Crippen LogP contribution in [0.1, 0.15) is 11.1 Å². The quantitative estimate of drug-likeness (QED) is 0.776. The van der Waals surface area contributed by atoms with Crippen molar-refractivity contribution >= 4 is 11.3 Å². The fraction of sp³-hybridized carbons (Fsp3) is 0.176. The smallest absolute Gasteiger partial charge is 0.0396 e. The lowest BCUT2D eigenvalue weighted by atomic mass is 9.98. The molecule has 0 radical (unpaired) electrons. The van der Waals surface area contributed by atoms with Gasteiger partial charge >= 0.3 is 0 Å². The van der Waals surface area contributed by atoms with Gasteiger partial charge in [0.15, 0.2) is 0 Å². The molecule has 0 N–H and O–H groups in total. The fourth-order valence-electron chi connectivity index (χ4n) is 2.10. The Balaban J connectivity index is 2.22. The van der Waals surface area contributed by atoms with Gasteiger partial charge in [0.05, 0.1) is 0 Å². The van der Waals surface area contributed by atoms with E-state index in [0.29, 0.717) is 0 Å². The second kappa shape index (κ2) is 5.54. The number of allylic oxidation sites excluding steroid dienone is 1. The highest BCUT2D eigenvalue weighted by atomic mass is 15.1. The predicted molar refractivity (Wildman–Crippen MR) is 79.9 cm³/mol. The van der Waals surface area contributed by atoms with Gasteiger partial charge in [-0.25, -0.2) is 0 Å². The maximum Gasteiger partial charge on any atom is 0.0396 e. The third-order valence-corrected chi connectivity index (χ3v) is 3.06. The van der Waals surface area contributed by atoms with Crippen molar-refractivity contribution in [2.75, 3.05) is 19.0 Å². The molecular weight excluding hydrogens is 218 g/mol. The Morgan fingerprint density at radius 2 is 1.56 bits per heavy atom. The molecule has 0 aliphatic carbocycles. The first kappa shape index (κ1) is 12.4. The molecule has 0 saturated heterocycles. The van der Waals surface area contributed by atoms with E-state index < -0.39 is 0 Å². The van der Waals surface area contributed by atoms with Gasteiger partial charge < -0.3 is 4.90 Å². The number of rotatable bonds is 4. The molecule has 0 spiro atoms. The summed E-state index contributed by atoms with van der Waals surface area (Å²) in [5.41, 5.74) is 4.95. The van der Waals surface area contributed by atoms with Crippen LogP contribution in [0.25, 0.3) is 5.57 Å². The van der Waals surface area contributed by atoms with E-state index >= 15 is 0 Å². The van der Waals surface area contributed by atoms with Crippen molar-refractivity contribution in [2.45, 2.75) is 6.42 Å². The summed E-state index contributed by atoms with van der Waals surface area (Å²) in [5.74, 6) is 0. The van der Waals surface area contributed by atoms with Crippen LogP contribution in [0.2, 0.25) is 0 Å². The molecule has 0 unspecified atom stereocenters. The first-order valence-corrected chi connectivity index (χ1v) is 6.17. The molecule has 2 rings (SSSR count). The summed E-state index contributed by atoms with van der Waals surface area (Å²) in [4.78, 5) is 2.15. The van der Waals surface area contributed by atoms with Gasteiger partial charge in [0.1, 0.15) is 0 Å². The molecular formula is C17H19N. The van der Waals surface area contributed by atoms with Gasteiger partial charge in [0, 0.05) is 19.8 Å². The Hall–Kier alpha value is -2.02. The minimum Gasteiger partial charge on any atom is -0.377 e. The van der Waals surface area contributed by atoms with Crippen LogP contribution in [0.5, 0.6) is 0 Å². The molecule has 18 heavy (non-hydrogen) atoms. The molecule has 1 nitrogen and oxygen atoms in total. The summed E-state index contributed by atoms with van der Waals surface area (Å²) in [6, 6.07) is 18.8. The van der Waals surface area contributed by atoms with Crippen LogP contribution in [0.3, 0.4) is 0 Å². The van der Waals surface area contributed by atoms with Crippen LogP contribution in [0.15, 0.2) is 61.2 Å². The molecule has 2 aromatic rings. The van der Waals surface area contributed by atoms with E-state index in [-0.39, 0.29) is 0 Å².